The van der Waals surface area contributed by atoms with Gasteiger partial charge < -0.3 is 15.6 Å². The molecule has 1 unspecified atom stereocenters. The number of esters is 1. The molecule has 19 heavy (non-hydrogen) atoms. The number of hydrogen-bond donors (Lipinski definition) is 2. The second-order valence-electron chi connectivity index (χ2n) is 5.52. The second-order valence-corrected chi connectivity index (χ2v) is 5.52. The summed E-state index contributed by atoms with van der Waals surface area (Å²) in [6.45, 7) is 6.35. The molecule has 0 amide bonds. The molecule has 0 aromatic heterocycles. The third kappa shape index (κ3) is 3.05. The average Bonchev–Trinajstić information content (AvgIpc) is 2.26. The first-order valence-electron chi connectivity index (χ1n) is 5.91. The molecule has 0 saturated heterocycles. The smallest absolute Gasteiger partial charge is 0.328 e. The maximum Gasteiger partial charge on any atom is 0.328 e. The van der Waals surface area contributed by atoms with Gasteiger partial charge in [0.15, 0.2) is 5.41 Å². The first kappa shape index (κ1) is 15.0. The number of anilines is 1. The lowest BCUT2D eigenvalue weighted by molar-refractivity contribution is -0.168. The van der Waals surface area contributed by atoms with Gasteiger partial charge in [-0.15, -0.1) is 0 Å². The van der Waals surface area contributed by atoms with Gasteiger partial charge in [0.2, 0.25) is 0 Å². The van der Waals surface area contributed by atoms with Gasteiger partial charge in [-0.1, -0.05) is 18.2 Å². The van der Waals surface area contributed by atoms with E-state index in [0.717, 1.165) is 0 Å². The Morgan fingerprint density at radius 3 is 2.11 bits per heavy atom. The van der Waals surface area contributed by atoms with Crippen molar-refractivity contribution in [3.8, 4) is 0 Å². The number of carbonyl (C=O) groups excluding carboxylic acids is 1. The summed E-state index contributed by atoms with van der Waals surface area (Å²) in [6.07, 6.45) is 0. The van der Waals surface area contributed by atoms with Crippen LogP contribution in [0.25, 0.3) is 0 Å². The lowest BCUT2D eigenvalue weighted by Crippen LogP contribution is -2.45. The second kappa shape index (κ2) is 4.91. The molecule has 0 saturated carbocycles. The minimum atomic E-state index is -1.82. The summed E-state index contributed by atoms with van der Waals surface area (Å²) in [7, 11) is 0. The van der Waals surface area contributed by atoms with Gasteiger partial charge in [-0.2, -0.15) is 0 Å². The number of carboxylic acids is 1. The van der Waals surface area contributed by atoms with Gasteiger partial charge >= 0.3 is 11.9 Å². The molecule has 0 fully saturated rings. The zero-order valence-corrected chi connectivity index (χ0v) is 11.6. The molecule has 5 nitrogen and oxygen atoms in total. The average molecular weight is 265 g/mol. The fourth-order valence-corrected chi connectivity index (χ4v) is 1.64. The molecule has 0 aliphatic rings. The molecule has 0 radical (unpaired) electrons. The van der Waals surface area contributed by atoms with Crippen molar-refractivity contribution in [3.63, 3.8) is 0 Å². The van der Waals surface area contributed by atoms with Crippen molar-refractivity contribution in [2.75, 3.05) is 5.73 Å². The Labute approximate surface area is 112 Å². The van der Waals surface area contributed by atoms with E-state index in [2.05, 4.69) is 0 Å². The SMILES string of the molecule is CC(C)(C)OC(=O)C(C)(C(=O)O)c1ccccc1N. The number of ether oxygens (including phenoxy) is 1. The van der Waals surface area contributed by atoms with E-state index in [0.29, 0.717) is 0 Å². The van der Waals surface area contributed by atoms with Crippen molar-refractivity contribution in [1.82, 2.24) is 0 Å². The van der Waals surface area contributed by atoms with Gasteiger partial charge in [0.05, 0.1) is 0 Å². The largest absolute Gasteiger partial charge is 0.480 e. The van der Waals surface area contributed by atoms with Gasteiger partial charge in [0.25, 0.3) is 0 Å². The van der Waals surface area contributed by atoms with Gasteiger partial charge in [-0.05, 0) is 33.8 Å². The van der Waals surface area contributed by atoms with Crippen LogP contribution in [0.3, 0.4) is 0 Å². The van der Waals surface area contributed by atoms with Crippen LogP contribution in [0.15, 0.2) is 24.3 Å². The highest BCUT2D eigenvalue weighted by Crippen LogP contribution is 2.31. The van der Waals surface area contributed by atoms with Crippen molar-refractivity contribution in [1.29, 1.82) is 0 Å². The molecule has 0 heterocycles. The third-order valence-corrected chi connectivity index (χ3v) is 2.73. The molecule has 1 aromatic carbocycles. The number of para-hydroxylation sites is 1. The van der Waals surface area contributed by atoms with E-state index < -0.39 is 23.0 Å². The van der Waals surface area contributed by atoms with Crippen LogP contribution < -0.4 is 5.73 Å². The lowest BCUT2D eigenvalue weighted by Gasteiger charge is -2.29. The zero-order valence-electron chi connectivity index (χ0n) is 11.6. The van der Waals surface area contributed by atoms with Crippen LogP contribution in [0.2, 0.25) is 0 Å². The Balaban J connectivity index is 3.30. The summed E-state index contributed by atoms with van der Waals surface area (Å²) in [4.78, 5) is 23.8. The Kier molecular flexibility index (Phi) is 3.88. The predicted octanol–water partition coefficient (Wildman–Crippen LogP) is 1.95. The molecule has 1 atom stereocenters. The van der Waals surface area contributed by atoms with Gasteiger partial charge in [0.1, 0.15) is 5.60 Å². The number of carbonyl (C=O) groups is 2. The first-order valence-corrected chi connectivity index (χ1v) is 5.91. The lowest BCUT2D eigenvalue weighted by atomic mass is 9.81. The van der Waals surface area contributed by atoms with E-state index in [-0.39, 0.29) is 11.3 Å². The van der Waals surface area contributed by atoms with Crippen LogP contribution in [-0.4, -0.2) is 22.6 Å². The van der Waals surface area contributed by atoms with E-state index in [9.17, 15) is 14.7 Å². The molecule has 3 N–H and O–H groups in total. The maximum atomic E-state index is 12.2. The standard InChI is InChI=1S/C14H19NO4/c1-13(2,3)19-12(18)14(4,11(16)17)9-7-5-6-8-10(9)15/h5-8H,15H2,1-4H3,(H,16,17). The van der Waals surface area contributed by atoms with E-state index >= 15 is 0 Å². The molecule has 0 aliphatic carbocycles. The normalized spacial score (nSPS) is 14.5. The number of nitrogens with two attached hydrogens (primary N) is 1. The van der Waals surface area contributed by atoms with E-state index in [4.69, 9.17) is 10.5 Å². The van der Waals surface area contributed by atoms with E-state index in [1.807, 2.05) is 0 Å². The Bertz CT molecular complexity index is 504. The molecular formula is C14H19NO4. The highest BCUT2D eigenvalue weighted by Gasteiger charge is 2.47. The van der Waals surface area contributed by atoms with E-state index in [1.54, 1.807) is 39.0 Å². The summed E-state index contributed by atoms with van der Waals surface area (Å²) in [5, 5.41) is 9.42. The summed E-state index contributed by atoms with van der Waals surface area (Å²) in [5.74, 6) is -2.12. The fourth-order valence-electron chi connectivity index (χ4n) is 1.64. The van der Waals surface area contributed by atoms with Crippen LogP contribution in [0.5, 0.6) is 0 Å². The van der Waals surface area contributed by atoms with E-state index in [1.165, 1.54) is 13.0 Å². The number of hydrogen-bond acceptors (Lipinski definition) is 4. The minimum Gasteiger partial charge on any atom is -0.480 e. The number of carboxylic acid groups (broad SMARTS) is 1. The highest BCUT2D eigenvalue weighted by molar-refractivity contribution is 6.06. The Hall–Kier alpha value is -2.04. The van der Waals surface area contributed by atoms with Gasteiger partial charge in [0, 0.05) is 11.3 Å². The van der Waals surface area contributed by atoms with Crippen LogP contribution >= 0.6 is 0 Å². The molecule has 5 heteroatoms. The summed E-state index contributed by atoms with van der Waals surface area (Å²) >= 11 is 0. The monoisotopic (exact) mass is 265 g/mol. The van der Waals surface area contributed by atoms with Crippen LogP contribution in [0.1, 0.15) is 33.3 Å². The number of nitrogen functional groups attached to an aromatic ring is 1. The summed E-state index contributed by atoms with van der Waals surface area (Å²) in [6, 6.07) is 6.39. The molecule has 104 valence electrons. The molecular weight excluding hydrogens is 246 g/mol. The van der Waals surface area contributed by atoms with Crippen molar-refractivity contribution >= 4 is 17.6 Å². The number of rotatable bonds is 3. The van der Waals surface area contributed by atoms with Crippen LogP contribution in [0.4, 0.5) is 5.69 Å². The third-order valence-electron chi connectivity index (χ3n) is 2.73. The fraction of sp³-hybridized carbons (Fsp3) is 0.429. The quantitative estimate of drug-likeness (QED) is 0.495. The van der Waals surface area contributed by atoms with Crippen molar-refractivity contribution in [3.05, 3.63) is 29.8 Å². The summed E-state index contributed by atoms with van der Waals surface area (Å²) < 4.78 is 5.20. The first-order chi connectivity index (χ1) is 8.59. The zero-order chi connectivity index (χ0) is 14.8. The highest BCUT2D eigenvalue weighted by atomic mass is 16.6. The molecule has 0 aliphatic heterocycles. The van der Waals surface area contributed by atoms with Gasteiger partial charge in [-0.25, -0.2) is 0 Å². The maximum absolute atomic E-state index is 12.2. The molecule has 1 rings (SSSR count). The Morgan fingerprint density at radius 1 is 1.16 bits per heavy atom. The minimum absolute atomic E-state index is 0.233. The number of benzene rings is 1. The predicted molar refractivity (Wildman–Crippen MR) is 71.7 cm³/mol. The van der Waals surface area contributed by atoms with Crippen molar-refractivity contribution < 1.29 is 19.4 Å². The summed E-state index contributed by atoms with van der Waals surface area (Å²) in [5.41, 5.74) is 3.67. The van der Waals surface area contributed by atoms with Gasteiger partial charge in [-0.3, -0.25) is 9.59 Å². The molecule has 0 spiro atoms. The van der Waals surface area contributed by atoms with Crippen molar-refractivity contribution in [2.45, 2.75) is 38.7 Å². The van der Waals surface area contributed by atoms with Crippen LogP contribution in [-0.2, 0) is 19.7 Å². The topological polar surface area (TPSA) is 89.6 Å². The van der Waals surface area contributed by atoms with Crippen LogP contribution in [0, 0.1) is 0 Å². The molecule has 0 bridgehead atoms. The number of aliphatic carboxylic acids is 1. The van der Waals surface area contributed by atoms with Crippen molar-refractivity contribution in [2.24, 2.45) is 0 Å². The molecule has 1 aromatic rings. The Morgan fingerprint density at radius 2 is 1.68 bits per heavy atom.